The summed E-state index contributed by atoms with van der Waals surface area (Å²) in [7, 11) is 0. The third-order valence-electron chi connectivity index (χ3n) is 2.58. The van der Waals surface area contributed by atoms with E-state index in [2.05, 4.69) is 34.1 Å². The zero-order valence-electron chi connectivity index (χ0n) is 8.63. The molecule has 0 bridgehead atoms. The van der Waals surface area contributed by atoms with Gasteiger partial charge in [0.15, 0.2) is 0 Å². The number of alkyl halides is 1. The first kappa shape index (κ1) is 11.2. The second kappa shape index (κ2) is 4.71. The van der Waals surface area contributed by atoms with Crippen LogP contribution in [0.2, 0.25) is 0 Å². The summed E-state index contributed by atoms with van der Waals surface area (Å²) in [5.74, 6) is 1.38. The van der Waals surface area contributed by atoms with Crippen molar-refractivity contribution >= 4 is 33.5 Å². The SMILES string of the molecule is CC(=O)C(Br)c1ccc2c(c1)CCCS2. The van der Waals surface area contributed by atoms with E-state index in [9.17, 15) is 4.79 Å². The van der Waals surface area contributed by atoms with Crippen LogP contribution in [0.25, 0.3) is 0 Å². The molecule has 80 valence electrons. The van der Waals surface area contributed by atoms with Gasteiger partial charge in [0.1, 0.15) is 5.78 Å². The van der Waals surface area contributed by atoms with E-state index in [1.165, 1.54) is 22.6 Å². The van der Waals surface area contributed by atoms with Crippen LogP contribution in [0.4, 0.5) is 0 Å². The molecule has 1 unspecified atom stereocenters. The second-order valence-electron chi connectivity index (χ2n) is 3.79. The van der Waals surface area contributed by atoms with E-state index in [0.29, 0.717) is 0 Å². The molecule has 0 spiro atoms. The number of aryl methyl sites for hydroxylation is 1. The van der Waals surface area contributed by atoms with E-state index in [4.69, 9.17) is 0 Å². The number of fused-ring (bicyclic) bond motifs is 1. The molecule has 0 saturated carbocycles. The Kier molecular flexibility index (Phi) is 3.52. The first-order chi connectivity index (χ1) is 7.18. The van der Waals surface area contributed by atoms with Gasteiger partial charge in [-0.2, -0.15) is 0 Å². The third kappa shape index (κ3) is 2.45. The highest BCUT2D eigenvalue weighted by atomic mass is 79.9. The van der Waals surface area contributed by atoms with Crippen molar-refractivity contribution in [2.45, 2.75) is 29.5 Å². The van der Waals surface area contributed by atoms with Crippen LogP contribution in [0.15, 0.2) is 23.1 Å². The Balaban J connectivity index is 2.31. The molecule has 0 aliphatic carbocycles. The van der Waals surface area contributed by atoms with Crippen LogP contribution in [-0.4, -0.2) is 11.5 Å². The summed E-state index contributed by atoms with van der Waals surface area (Å²) in [6.45, 7) is 1.62. The van der Waals surface area contributed by atoms with Gasteiger partial charge in [-0.3, -0.25) is 4.79 Å². The van der Waals surface area contributed by atoms with Gasteiger partial charge in [-0.05, 0) is 42.7 Å². The van der Waals surface area contributed by atoms with E-state index in [1.807, 2.05) is 11.8 Å². The van der Waals surface area contributed by atoms with Crippen LogP contribution in [0.3, 0.4) is 0 Å². The van der Waals surface area contributed by atoms with Crippen LogP contribution in [0.1, 0.15) is 29.3 Å². The summed E-state index contributed by atoms with van der Waals surface area (Å²) in [6.07, 6.45) is 2.39. The lowest BCUT2D eigenvalue weighted by molar-refractivity contribution is -0.116. The number of hydrogen-bond acceptors (Lipinski definition) is 2. The minimum atomic E-state index is -0.144. The Morgan fingerprint density at radius 3 is 3.07 bits per heavy atom. The van der Waals surface area contributed by atoms with Crippen molar-refractivity contribution in [2.24, 2.45) is 0 Å². The van der Waals surface area contributed by atoms with Crippen LogP contribution < -0.4 is 0 Å². The number of halogens is 1. The molecule has 0 saturated heterocycles. The van der Waals surface area contributed by atoms with E-state index in [1.54, 1.807) is 6.92 Å². The molecule has 1 aliphatic rings. The molecule has 1 atom stereocenters. The largest absolute Gasteiger partial charge is 0.298 e. The number of hydrogen-bond donors (Lipinski definition) is 0. The molecular weight excluding hydrogens is 272 g/mol. The maximum Gasteiger partial charge on any atom is 0.147 e. The predicted octanol–water partition coefficient (Wildman–Crippen LogP) is 3.75. The molecule has 15 heavy (non-hydrogen) atoms. The fourth-order valence-corrected chi connectivity index (χ4v) is 3.08. The first-order valence-electron chi connectivity index (χ1n) is 5.08. The normalized spacial score (nSPS) is 16.9. The van der Waals surface area contributed by atoms with Gasteiger partial charge >= 0.3 is 0 Å². The maximum absolute atomic E-state index is 11.3. The van der Waals surface area contributed by atoms with Crippen LogP contribution in [-0.2, 0) is 11.2 Å². The van der Waals surface area contributed by atoms with E-state index in [0.717, 1.165) is 12.0 Å². The highest BCUT2D eigenvalue weighted by Crippen LogP contribution is 2.33. The lowest BCUT2D eigenvalue weighted by Gasteiger charge is -2.17. The molecule has 3 heteroatoms. The summed E-state index contributed by atoms with van der Waals surface area (Å²) < 4.78 is 0. The lowest BCUT2D eigenvalue weighted by atomic mass is 10.0. The molecule has 1 aromatic rings. The first-order valence-corrected chi connectivity index (χ1v) is 6.99. The molecular formula is C12H13BrOS. The minimum Gasteiger partial charge on any atom is -0.298 e. The molecule has 0 radical (unpaired) electrons. The van der Waals surface area contributed by atoms with E-state index in [-0.39, 0.29) is 10.6 Å². The maximum atomic E-state index is 11.3. The average molecular weight is 285 g/mol. The minimum absolute atomic E-state index is 0.144. The molecule has 0 amide bonds. The molecule has 0 aromatic heterocycles. The number of ketones is 1. The fraction of sp³-hybridized carbons (Fsp3) is 0.417. The number of carbonyl (C=O) groups is 1. The van der Waals surface area contributed by atoms with Gasteiger partial charge in [-0.15, -0.1) is 11.8 Å². The zero-order chi connectivity index (χ0) is 10.8. The smallest absolute Gasteiger partial charge is 0.147 e. The van der Waals surface area contributed by atoms with Crippen molar-refractivity contribution in [3.05, 3.63) is 29.3 Å². The van der Waals surface area contributed by atoms with Crippen molar-refractivity contribution in [3.8, 4) is 0 Å². The van der Waals surface area contributed by atoms with Crippen LogP contribution in [0, 0.1) is 0 Å². The number of thioether (sulfide) groups is 1. The van der Waals surface area contributed by atoms with Gasteiger partial charge in [0.25, 0.3) is 0 Å². The standard InChI is InChI=1S/C12H13BrOS/c1-8(14)12(13)10-4-5-11-9(7-10)3-2-6-15-11/h4-5,7,12H,2-3,6H2,1H3. The quantitative estimate of drug-likeness (QED) is 0.770. The van der Waals surface area contributed by atoms with Crippen LogP contribution >= 0.6 is 27.7 Å². The van der Waals surface area contributed by atoms with Crippen molar-refractivity contribution in [2.75, 3.05) is 5.75 Å². The molecule has 2 rings (SSSR count). The Bertz CT molecular complexity index is 389. The Hall–Kier alpha value is -0.280. The highest BCUT2D eigenvalue weighted by Gasteiger charge is 2.16. The average Bonchev–Trinajstić information content (AvgIpc) is 2.27. The Morgan fingerprint density at radius 2 is 2.33 bits per heavy atom. The molecule has 1 aromatic carbocycles. The van der Waals surface area contributed by atoms with Gasteiger partial charge in [0.05, 0.1) is 4.83 Å². The van der Waals surface area contributed by atoms with Crippen molar-refractivity contribution in [1.29, 1.82) is 0 Å². The van der Waals surface area contributed by atoms with Gasteiger partial charge < -0.3 is 0 Å². The molecule has 0 N–H and O–H groups in total. The third-order valence-corrected chi connectivity index (χ3v) is 4.96. The summed E-state index contributed by atoms with van der Waals surface area (Å²) in [5, 5.41) is 0. The predicted molar refractivity (Wildman–Crippen MR) is 67.8 cm³/mol. The van der Waals surface area contributed by atoms with Gasteiger partial charge in [0.2, 0.25) is 0 Å². The second-order valence-corrected chi connectivity index (χ2v) is 5.84. The highest BCUT2D eigenvalue weighted by molar-refractivity contribution is 9.09. The number of Topliss-reactive ketones (excluding diaryl/α,β-unsaturated/α-hetero) is 1. The van der Waals surface area contributed by atoms with Crippen molar-refractivity contribution < 1.29 is 4.79 Å². The van der Waals surface area contributed by atoms with Crippen molar-refractivity contribution in [3.63, 3.8) is 0 Å². The molecule has 1 aliphatic heterocycles. The Morgan fingerprint density at radius 1 is 1.53 bits per heavy atom. The number of rotatable bonds is 2. The fourth-order valence-electron chi connectivity index (χ4n) is 1.77. The van der Waals surface area contributed by atoms with Gasteiger partial charge in [0, 0.05) is 4.90 Å². The summed E-state index contributed by atoms with van der Waals surface area (Å²) >= 11 is 5.34. The lowest BCUT2D eigenvalue weighted by Crippen LogP contribution is -2.04. The number of benzene rings is 1. The summed E-state index contributed by atoms with van der Waals surface area (Å²) in [5.41, 5.74) is 2.48. The summed E-state index contributed by atoms with van der Waals surface area (Å²) in [4.78, 5) is 12.5. The zero-order valence-corrected chi connectivity index (χ0v) is 11.0. The Labute approximate surface area is 103 Å². The number of carbonyl (C=O) groups excluding carboxylic acids is 1. The van der Waals surface area contributed by atoms with E-state index < -0.39 is 0 Å². The topological polar surface area (TPSA) is 17.1 Å². The van der Waals surface area contributed by atoms with Crippen LogP contribution in [0.5, 0.6) is 0 Å². The monoisotopic (exact) mass is 284 g/mol. The molecule has 1 nitrogen and oxygen atoms in total. The molecule has 0 fully saturated rings. The van der Waals surface area contributed by atoms with Gasteiger partial charge in [-0.25, -0.2) is 0 Å². The molecule has 1 heterocycles. The summed E-state index contributed by atoms with van der Waals surface area (Å²) in [6, 6.07) is 6.37. The van der Waals surface area contributed by atoms with E-state index >= 15 is 0 Å². The van der Waals surface area contributed by atoms with Crippen molar-refractivity contribution in [1.82, 2.24) is 0 Å². The van der Waals surface area contributed by atoms with Gasteiger partial charge in [-0.1, -0.05) is 28.1 Å².